The van der Waals surface area contributed by atoms with Gasteiger partial charge in [0.25, 0.3) is 5.91 Å². The van der Waals surface area contributed by atoms with Gasteiger partial charge in [-0.15, -0.1) is 0 Å². The van der Waals surface area contributed by atoms with Crippen molar-refractivity contribution >= 4 is 21.6 Å². The summed E-state index contributed by atoms with van der Waals surface area (Å²) in [6.07, 6.45) is 1.52. The molecule has 0 aliphatic carbocycles. The molecule has 2 aromatic carbocycles. The Kier molecular flexibility index (Phi) is 7.56. The fourth-order valence-electron chi connectivity index (χ4n) is 2.98. The maximum absolute atomic E-state index is 12.8. The molecule has 2 rings (SSSR count). The second-order valence-electron chi connectivity index (χ2n) is 6.31. The Hall–Kier alpha value is -2.18. The highest BCUT2D eigenvalue weighted by atomic mass is 32.2. The number of para-hydroxylation sites is 1. The Bertz CT molecular complexity index is 827. The molecule has 1 amide bonds. The molecule has 6 heteroatoms. The smallest absolute Gasteiger partial charge is 0.258 e. The van der Waals surface area contributed by atoms with Crippen LogP contribution in [0.2, 0.25) is 0 Å². The van der Waals surface area contributed by atoms with Crippen molar-refractivity contribution in [2.45, 2.75) is 38.5 Å². The number of sulfonamides is 1. The van der Waals surface area contributed by atoms with E-state index in [1.807, 2.05) is 51.1 Å². The first kappa shape index (κ1) is 21.1. The molecule has 0 saturated carbocycles. The average Bonchev–Trinajstić information content (AvgIpc) is 2.69. The Morgan fingerprint density at radius 1 is 0.852 bits per heavy atom. The van der Waals surface area contributed by atoms with Crippen molar-refractivity contribution in [1.29, 1.82) is 0 Å². The van der Waals surface area contributed by atoms with Crippen molar-refractivity contribution in [3.63, 3.8) is 0 Å². The lowest BCUT2D eigenvalue weighted by Gasteiger charge is -2.22. The minimum Gasteiger partial charge on any atom is -0.309 e. The van der Waals surface area contributed by atoms with Gasteiger partial charge in [0.15, 0.2) is 0 Å². The molecule has 0 N–H and O–H groups in total. The molecule has 0 aromatic heterocycles. The van der Waals surface area contributed by atoms with Gasteiger partial charge in [-0.1, -0.05) is 32.0 Å². The van der Waals surface area contributed by atoms with Crippen LogP contribution in [0.4, 0.5) is 5.69 Å². The van der Waals surface area contributed by atoms with Gasteiger partial charge in [0.2, 0.25) is 10.0 Å². The highest BCUT2D eigenvalue weighted by molar-refractivity contribution is 7.89. The number of nitrogens with zero attached hydrogens (tertiary/aromatic N) is 2. The number of carbonyl (C=O) groups is 1. The zero-order chi connectivity index (χ0) is 19.9. The third-order valence-electron chi connectivity index (χ3n) is 4.31. The van der Waals surface area contributed by atoms with E-state index in [0.29, 0.717) is 25.2 Å². The molecule has 5 nitrogen and oxygen atoms in total. The van der Waals surface area contributed by atoms with Gasteiger partial charge >= 0.3 is 0 Å². The molecule has 0 atom stereocenters. The second-order valence-corrected chi connectivity index (χ2v) is 8.25. The number of amides is 1. The van der Waals surface area contributed by atoms with E-state index in [0.717, 1.165) is 18.5 Å². The SMILES string of the molecule is CCCN(CCC)S(=O)(=O)c1ccc(C(=O)N(CC)c2ccccc2)cc1. The van der Waals surface area contributed by atoms with Crippen molar-refractivity contribution < 1.29 is 13.2 Å². The molecule has 0 spiro atoms. The molecular formula is C21H28N2O3S. The van der Waals surface area contributed by atoms with Crippen molar-refractivity contribution in [1.82, 2.24) is 4.31 Å². The highest BCUT2D eigenvalue weighted by Crippen LogP contribution is 2.20. The van der Waals surface area contributed by atoms with Crippen molar-refractivity contribution in [3.8, 4) is 0 Å². The Labute approximate surface area is 162 Å². The van der Waals surface area contributed by atoms with E-state index >= 15 is 0 Å². The highest BCUT2D eigenvalue weighted by Gasteiger charge is 2.24. The Morgan fingerprint density at radius 2 is 1.41 bits per heavy atom. The predicted molar refractivity (Wildman–Crippen MR) is 110 cm³/mol. The van der Waals surface area contributed by atoms with Gasteiger partial charge in [0.05, 0.1) is 4.90 Å². The molecule has 0 unspecified atom stereocenters. The summed E-state index contributed by atoms with van der Waals surface area (Å²) < 4.78 is 27.2. The van der Waals surface area contributed by atoms with Gasteiger partial charge < -0.3 is 4.90 Å². The fourth-order valence-corrected chi connectivity index (χ4v) is 4.60. The molecule has 0 aliphatic rings. The zero-order valence-electron chi connectivity index (χ0n) is 16.3. The summed E-state index contributed by atoms with van der Waals surface area (Å²) >= 11 is 0. The molecule has 0 saturated heterocycles. The summed E-state index contributed by atoms with van der Waals surface area (Å²) in [6, 6.07) is 15.7. The molecule has 27 heavy (non-hydrogen) atoms. The van der Waals surface area contributed by atoms with Crippen LogP contribution >= 0.6 is 0 Å². The lowest BCUT2D eigenvalue weighted by atomic mass is 10.2. The minimum atomic E-state index is -3.54. The van der Waals surface area contributed by atoms with Crippen LogP contribution in [0.15, 0.2) is 59.5 Å². The summed E-state index contributed by atoms with van der Waals surface area (Å²) in [7, 11) is -3.54. The summed E-state index contributed by atoms with van der Waals surface area (Å²) in [5.41, 5.74) is 1.29. The van der Waals surface area contributed by atoms with E-state index in [-0.39, 0.29) is 10.8 Å². The summed E-state index contributed by atoms with van der Waals surface area (Å²) in [6.45, 7) is 7.36. The van der Waals surface area contributed by atoms with Crippen LogP contribution in [0, 0.1) is 0 Å². The lowest BCUT2D eigenvalue weighted by molar-refractivity contribution is 0.0988. The number of rotatable bonds is 9. The number of anilines is 1. The molecular weight excluding hydrogens is 360 g/mol. The molecule has 0 radical (unpaired) electrons. The Morgan fingerprint density at radius 3 is 1.89 bits per heavy atom. The molecule has 2 aromatic rings. The van der Waals surface area contributed by atoms with Crippen LogP contribution in [-0.2, 0) is 10.0 Å². The number of carbonyl (C=O) groups excluding carboxylic acids is 1. The van der Waals surface area contributed by atoms with E-state index in [2.05, 4.69) is 0 Å². The topological polar surface area (TPSA) is 57.7 Å². The second kappa shape index (κ2) is 9.67. The van der Waals surface area contributed by atoms with Gasteiger partial charge in [0, 0.05) is 30.9 Å². The lowest BCUT2D eigenvalue weighted by Crippen LogP contribution is -2.33. The molecule has 0 fully saturated rings. The van der Waals surface area contributed by atoms with E-state index in [1.54, 1.807) is 17.0 Å². The molecule has 0 heterocycles. The number of hydrogen-bond acceptors (Lipinski definition) is 3. The Balaban J connectivity index is 2.26. The fraction of sp³-hybridized carbons (Fsp3) is 0.381. The number of hydrogen-bond donors (Lipinski definition) is 0. The maximum Gasteiger partial charge on any atom is 0.258 e. The van der Waals surface area contributed by atoms with E-state index in [9.17, 15) is 13.2 Å². The van der Waals surface area contributed by atoms with Gasteiger partial charge in [-0.25, -0.2) is 8.42 Å². The third kappa shape index (κ3) is 4.96. The molecule has 146 valence electrons. The summed E-state index contributed by atoms with van der Waals surface area (Å²) in [4.78, 5) is 14.7. The van der Waals surface area contributed by atoms with Crippen LogP contribution in [0.25, 0.3) is 0 Å². The van der Waals surface area contributed by atoms with Gasteiger partial charge in [-0.3, -0.25) is 4.79 Å². The van der Waals surface area contributed by atoms with Crippen LogP contribution in [0.1, 0.15) is 44.0 Å². The van der Waals surface area contributed by atoms with Crippen molar-refractivity contribution in [3.05, 3.63) is 60.2 Å². The van der Waals surface area contributed by atoms with Crippen LogP contribution < -0.4 is 4.90 Å². The maximum atomic E-state index is 12.8. The monoisotopic (exact) mass is 388 g/mol. The first-order chi connectivity index (χ1) is 13.0. The van der Waals surface area contributed by atoms with Gasteiger partial charge in [0.1, 0.15) is 0 Å². The molecule has 0 aliphatic heterocycles. The van der Waals surface area contributed by atoms with Gasteiger partial charge in [-0.2, -0.15) is 4.31 Å². The minimum absolute atomic E-state index is 0.147. The quantitative estimate of drug-likeness (QED) is 0.648. The van der Waals surface area contributed by atoms with E-state index < -0.39 is 10.0 Å². The van der Waals surface area contributed by atoms with Crippen molar-refractivity contribution in [2.75, 3.05) is 24.5 Å². The van der Waals surface area contributed by atoms with E-state index in [1.165, 1.54) is 16.4 Å². The normalized spacial score (nSPS) is 11.6. The predicted octanol–water partition coefficient (Wildman–Crippen LogP) is 4.16. The first-order valence-corrected chi connectivity index (χ1v) is 10.9. The first-order valence-electron chi connectivity index (χ1n) is 9.42. The van der Waals surface area contributed by atoms with Crippen molar-refractivity contribution in [2.24, 2.45) is 0 Å². The number of benzene rings is 2. The van der Waals surface area contributed by atoms with Crippen LogP contribution in [0.3, 0.4) is 0 Å². The van der Waals surface area contributed by atoms with E-state index in [4.69, 9.17) is 0 Å². The van der Waals surface area contributed by atoms with Crippen LogP contribution in [0.5, 0.6) is 0 Å². The summed E-state index contributed by atoms with van der Waals surface area (Å²) in [5, 5.41) is 0. The third-order valence-corrected chi connectivity index (χ3v) is 6.23. The largest absolute Gasteiger partial charge is 0.309 e. The summed E-state index contributed by atoms with van der Waals surface area (Å²) in [5.74, 6) is -0.147. The van der Waals surface area contributed by atoms with Crippen LogP contribution in [-0.4, -0.2) is 38.3 Å². The average molecular weight is 389 g/mol. The standard InChI is InChI=1S/C21H28N2O3S/c1-4-16-22(17-5-2)27(25,26)20-14-12-18(13-15-20)21(24)23(6-3)19-10-8-7-9-11-19/h7-15H,4-6,16-17H2,1-3H3. The molecule has 0 bridgehead atoms. The van der Waals surface area contributed by atoms with Gasteiger partial charge in [-0.05, 0) is 56.2 Å². The zero-order valence-corrected chi connectivity index (χ0v) is 17.1.